The van der Waals surface area contributed by atoms with Gasteiger partial charge >= 0.3 is 0 Å². The minimum atomic E-state index is -0.420. The maximum Gasteiger partial charge on any atom is 0.259 e. The van der Waals surface area contributed by atoms with E-state index in [0.29, 0.717) is 10.6 Å². The van der Waals surface area contributed by atoms with E-state index in [9.17, 15) is 9.59 Å². The standard InChI is InChI=1S/C20H16ClN3O2/c21-16-8-3-5-14(11-16)12-23-24-19(25)13-22-20(26)18-10-4-7-15-6-1-2-9-17(15)18/h1-12H,13H2,(H,22,26)(H,24,25). The van der Waals surface area contributed by atoms with E-state index in [1.54, 1.807) is 24.3 Å². The zero-order valence-electron chi connectivity index (χ0n) is 13.8. The topological polar surface area (TPSA) is 70.6 Å². The van der Waals surface area contributed by atoms with Gasteiger partial charge in [-0.25, -0.2) is 5.43 Å². The van der Waals surface area contributed by atoms with Gasteiger partial charge in [0.2, 0.25) is 0 Å². The van der Waals surface area contributed by atoms with Crippen molar-refractivity contribution < 1.29 is 9.59 Å². The van der Waals surface area contributed by atoms with Crippen molar-refractivity contribution in [2.45, 2.75) is 0 Å². The summed E-state index contributed by atoms with van der Waals surface area (Å²) < 4.78 is 0. The second kappa shape index (κ2) is 8.27. The van der Waals surface area contributed by atoms with Crippen LogP contribution in [0.2, 0.25) is 5.02 Å². The molecule has 3 rings (SSSR count). The van der Waals surface area contributed by atoms with Gasteiger partial charge in [-0.1, -0.05) is 60.1 Å². The Labute approximate surface area is 155 Å². The molecule has 3 aromatic rings. The molecule has 5 nitrogen and oxygen atoms in total. The molecule has 0 radical (unpaired) electrons. The first kappa shape index (κ1) is 17.6. The van der Waals surface area contributed by atoms with Crippen LogP contribution < -0.4 is 10.7 Å². The van der Waals surface area contributed by atoms with Gasteiger partial charge in [0, 0.05) is 10.6 Å². The Morgan fingerprint density at radius 1 is 1.00 bits per heavy atom. The number of rotatable bonds is 5. The largest absolute Gasteiger partial charge is 0.343 e. The summed E-state index contributed by atoms with van der Waals surface area (Å²) in [5.74, 6) is -0.729. The lowest BCUT2D eigenvalue weighted by molar-refractivity contribution is -0.120. The number of amides is 2. The van der Waals surface area contributed by atoms with Crippen molar-refractivity contribution in [3.63, 3.8) is 0 Å². The Kier molecular flexibility index (Phi) is 5.61. The van der Waals surface area contributed by atoms with Gasteiger partial charge in [-0.15, -0.1) is 0 Å². The van der Waals surface area contributed by atoms with Crippen LogP contribution in [0.25, 0.3) is 10.8 Å². The van der Waals surface area contributed by atoms with E-state index >= 15 is 0 Å². The lowest BCUT2D eigenvalue weighted by atomic mass is 10.0. The van der Waals surface area contributed by atoms with E-state index in [1.165, 1.54) is 6.21 Å². The van der Waals surface area contributed by atoms with E-state index in [4.69, 9.17) is 11.6 Å². The number of hydrogen-bond donors (Lipinski definition) is 2. The molecule has 26 heavy (non-hydrogen) atoms. The molecule has 0 spiro atoms. The summed E-state index contributed by atoms with van der Waals surface area (Å²) in [4.78, 5) is 24.2. The van der Waals surface area contributed by atoms with E-state index in [2.05, 4.69) is 15.8 Å². The smallest absolute Gasteiger partial charge is 0.259 e. The molecule has 2 N–H and O–H groups in total. The number of nitrogens with zero attached hydrogens (tertiary/aromatic N) is 1. The normalized spacial score (nSPS) is 10.8. The van der Waals surface area contributed by atoms with Crippen LogP contribution in [-0.2, 0) is 4.79 Å². The molecule has 0 aliphatic carbocycles. The molecule has 0 aliphatic rings. The number of carbonyl (C=O) groups excluding carboxylic acids is 2. The molecular formula is C20H16ClN3O2. The maximum atomic E-state index is 12.4. The van der Waals surface area contributed by atoms with Crippen LogP contribution in [-0.4, -0.2) is 24.6 Å². The monoisotopic (exact) mass is 365 g/mol. The highest BCUT2D eigenvalue weighted by Gasteiger charge is 2.10. The van der Waals surface area contributed by atoms with Crippen molar-refractivity contribution in [2.75, 3.05) is 6.54 Å². The Morgan fingerprint density at radius 3 is 2.62 bits per heavy atom. The first-order valence-electron chi connectivity index (χ1n) is 7.97. The van der Waals surface area contributed by atoms with Crippen LogP contribution in [0.3, 0.4) is 0 Å². The summed E-state index contributed by atoms with van der Waals surface area (Å²) in [5.41, 5.74) is 3.66. The molecule has 2 amide bonds. The minimum Gasteiger partial charge on any atom is -0.343 e. The lowest BCUT2D eigenvalue weighted by Gasteiger charge is -2.07. The molecule has 0 saturated carbocycles. The van der Waals surface area contributed by atoms with Crippen LogP contribution in [0.4, 0.5) is 0 Å². The highest BCUT2D eigenvalue weighted by molar-refractivity contribution is 6.30. The molecule has 6 heteroatoms. The van der Waals surface area contributed by atoms with Crippen molar-refractivity contribution in [3.05, 3.63) is 82.9 Å². The van der Waals surface area contributed by atoms with E-state index in [1.807, 2.05) is 42.5 Å². The molecule has 0 aliphatic heterocycles. The van der Waals surface area contributed by atoms with Gasteiger partial charge in [0.25, 0.3) is 11.8 Å². The van der Waals surface area contributed by atoms with Crippen molar-refractivity contribution in [1.29, 1.82) is 0 Å². The molecule has 130 valence electrons. The Morgan fingerprint density at radius 2 is 1.77 bits per heavy atom. The summed E-state index contributed by atoms with van der Waals surface area (Å²) in [5, 5.41) is 8.85. The Bertz CT molecular complexity index is 980. The Hall–Kier alpha value is -3.18. The number of halogens is 1. The third-order valence-corrected chi connectivity index (χ3v) is 3.93. The fourth-order valence-corrected chi connectivity index (χ4v) is 2.68. The molecule has 0 fully saturated rings. The molecule has 3 aromatic carbocycles. The van der Waals surface area contributed by atoms with Crippen molar-refractivity contribution >= 4 is 40.4 Å². The highest BCUT2D eigenvalue weighted by Crippen LogP contribution is 2.18. The summed E-state index contributed by atoms with van der Waals surface area (Å²) in [6.45, 7) is -0.172. The Balaban J connectivity index is 1.56. The van der Waals surface area contributed by atoms with Gasteiger partial charge in [-0.2, -0.15) is 5.10 Å². The SMILES string of the molecule is O=C(CNC(=O)c1cccc2ccccc12)NN=Cc1cccc(Cl)c1. The predicted molar refractivity (Wildman–Crippen MR) is 103 cm³/mol. The van der Waals surface area contributed by atoms with Crippen LogP contribution in [0, 0.1) is 0 Å². The van der Waals surface area contributed by atoms with Crippen molar-refractivity contribution in [1.82, 2.24) is 10.7 Å². The van der Waals surface area contributed by atoms with E-state index in [-0.39, 0.29) is 12.5 Å². The first-order chi connectivity index (χ1) is 12.6. The second-order valence-electron chi connectivity index (χ2n) is 5.56. The third kappa shape index (κ3) is 4.46. The predicted octanol–water partition coefficient (Wildman–Crippen LogP) is 3.37. The van der Waals surface area contributed by atoms with Gasteiger partial charge < -0.3 is 5.32 Å². The van der Waals surface area contributed by atoms with Crippen LogP contribution in [0.5, 0.6) is 0 Å². The molecule has 0 heterocycles. The summed E-state index contributed by atoms with van der Waals surface area (Å²) in [7, 11) is 0. The number of hydrogen-bond acceptors (Lipinski definition) is 3. The second-order valence-corrected chi connectivity index (χ2v) is 5.99. The fourth-order valence-electron chi connectivity index (χ4n) is 2.48. The number of carbonyl (C=O) groups is 2. The number of fused-ring (bicyclic) bond motifs is 1. The number of hydrazone groups is 1. The number of benzene rings is 3. The van der Waals surface area contributed by atoms with Gasteiger partial charge in [0.15, 0.2) is 0 Å². The first-order valence-corrected chi connectivity index (χ1v) is 8.35. The quantitative estimate of drug-likeness (QED) is 0.537. The maximum absolute atomic E-state index is 12.4. The highest BCUT2D eigenvalue weighted by atomic mass is 35.5. The average molecular weight is 366 g/mol. The number of nitrogens with one attached hydrogen (secondary N) is 2. The molecular weight excluding hydrogens is 350 g/mol. The van der Waals surface area contributed by atoms with E-state index < -0.39 is 5.91 Å². The summed E-state index contributed by atoms with van der Waals surface area (Å²) >= 11 is 5.87. The van der Waals surface area contributed by atoms with Crippen molar-refractivity contribution in [2.24, 2.45) is 5.10 Å². The van der Waals surface area contributed by atoms with Crippen LogP contribution >= 0.6 is 11.6 Å². The van der Waals surface area contributed by atoms with Crippen molar-refractivity contribution in [3.8, 4) is 0 Å². The van der Waals surface area contributed by atoms with Gasteiger partial charge in [-0.05, 0) is 34.5 Å². The van der Waals surface area contributed by atoms with E-state index in [0.717, 1.165) is 16.3 Å². The zero-order valence-corrected chi connectivity index (χ0v) is 14.5. The zero-order chi connectivity index (χ0) is 18.4. The van der Waals surface area contributed by atoms with Gasteiger partial charge in [0.05, 0.1) is 12.8 Å². The van der Waals surface area contributed by atoms with Crippen LogP contribution in [0.15, 0.2) is 71.8 Å². The van der Waals surface area contributed by atoms with Crippen LogP contribution in [0.1, 0.15) is 15.9 Å². The molecule has 0 bridgehead atoms. The fraction of sp³-hybridized carbons (Fsp3) is 0.0500. The minimum absolute atomic E-state index is 0.172. The third-order valence-electron chi connectivity index (χ3n) is 3.70. The van der Waals surface area contributed by atoms with Gasteiger partial charge in [0.1, 0.15) is 0 Å². The lowest BCUT2D eigenvalue weighted by Crippen LogP contribution is -2.35. The molecule has 0 unspecified atom stereocenters. The summed E-state index contributed by atoms with van der Waals surface area (Å²) in [6, 6.07) is 20.1. The van der Waals surface area contributed by atoms with Gasteiger partial charge in [-0.3, -0.25) is 9.59 Å². The molecule has 0 atom stereocenters. The molecule has 0 aromatic heterocycles. The summed E-state index contributed by atoms with van der Waals surface area (Å²) in [6.07, 6.45) is 1.48. The molecule has 0 saturated heterocycles. The average Bonchev–Trinajstić information content (AvgIpc) is 2.66.